The molecule has 1 N–H and O–H groups in total. The lowest BCUT2D eigenvalue weighted by molar-refractivity contribution is -0.139. The van der Waals surface area contributed by atoms with E-state index in [9.17, 15) is 22.4 Å². The van der Waals surface area contributed by atoms with Crippen molar-refractivity contribution in [3.05, 3.63) is 65.5 Å². The third-order valence-electron chi connectivity index (χ3n) is 5.90. The van der Waals surface area contributed by atoms with E-state index in [0.717, 1.165) is 38.3 Å². The zero-order valence-corrected chi connectivity index (χ0v) is 22.0. The number of halogens is 1. The summed E-state index contributed by atoms with van der Waals surface area (Å²) in [5, 5.41) is 2.89. The zero-order valence-electron chi connectivity index (χ0n) is 21.2. The van der Waals surface area contributed by atoms with Crippen LogP contribution in [-0.4, -0.2) is 62.2 Å². The van der Waals surface area contributed by atoms with E-state index < -0.39 is 34.5 Å². The molecule has 0 bridgehead atoms. The summed E-state index contributed by atoms with van der Waals surface area (Å²) in [4.78, 5) is 27.9. The van der Waals surface area contributed by atoms with E-state index in [1.165, 1.54) is 31.1 Å². The molecule has 0 fully saturated rings. The average molecular weight is 507 g/mol. The number of nitrogens with one attached hydrogen (secondary N) is 1. The van der Waals surface area contributed by atoms with Gasteiger partial charge in [-0.05, 0) is 62.6 Å². The van der Waals surface area contributed by atoms with E-state index in [-0.39, 0.29) is 24.2 Å². The topological polar surface area (TPSA) is 90.0 Å². The minimum atomic E-state index is -4.09. The first kappa shape index (κ1) is 28.3. The normalized spacial score (nSPS) is 13.3. The van der Waals surface area contributed by atoms with Crippen LogP contribution in [0, 0.1) is 12.7 Å². The van der Waals surface area contributed by atoms with Crippen LogP contribution in [-0.2, 0) is 26.3 Å². The quantitative estimate of drug-likeness (QED) is 0.507. The molecule has 0 heterocycles. The summed E-state index contributed by atoms with van der Waals surface area (Å²) in [7, 11) is -1.39. The van der Waals surface area contributed by atoms with Crippen LogP contribution in [0.15, 0.2) is 48.5 Å². The number of carbonyl (C=O) groups is 2. The molecule has 8 nitrogen and oxygen atoms in total. The van der Waals surface area contributed by atoms with Crippen molar-refractivity contribution in [1.82, 2.24) is 14.5 Å². The predicted molar refractivity (Wildman–Crippen MR) is 135 cm³/mol. The Bertz CT molecular complexity index is 1120. The number of rotatable bonds is 11. The van der Waals surface area contributed by atoms with Crippen molar-refractivity contribution in [1.29, 1.82) is 0 Å². The van der Waals surface area contributed by atoms with Crippen LogP contribution in [0.3, 0.4) is 0 Å². The Kier molecular flexibility index (Phi) is 9.79. The van der Waals surface area contributed by atoms with Crippen molar-refractivity contribution in [2.75, 3.05) is 24.9 Å². The minimum Gasteiger partial charge on any atom is -0.352 e. The zero-order chi connectivity index (χ0) is 26.3. The van der Waals surface area contributed by atoms with Gasteiger partial charge in [-0.3, -0.25) is 9.59 Å². The minimum absolute atomic E-state index is 0.0785. The van der Waals surface area contributed by atoms with Crippen LogP contribution in [0.2, 0.25) is 0 Å². The van der Waals surface area contributed by atoms with Crippen LogP contribution >= 0.6 is 0 Å². The van der Waals surface area contributed by atoms with Gasteiger partial charge in [0, 0.05) is 26.7 Å². The third-order valence-corrected chi connectivity index (χ3v) is 7.72. The highest BCUT2D eigenvalue weighted by Crippen LogP contribution is 2.21. The average Bonchev–Trinajstić information content (AvgIpc) is 2.81. The number of anilines is 1. The molecule has 10 heteroatoms. The highest BCUT2D eigenvalue weighted by atomic mass is 32.2. The number of amides is 2. The van der Waals surface area contributed by atoms with Gasteiger partial charge >= 0.3 is 10.2 Å². The molecule has 2 rings (SSSR count). The maximum absolute atomic E-state index is 13.6. The second-order valence-electron chi connectivity index (χ2n) is 8.72. The molecule has 0 aliphatic carbocycles. The molecule has 2 amide bonds. The van der Waals surface area contributed by atoms with Gasteiger partial charge in [-0.25, -0.2) is 8.70 Å². The summed E-state index contributed by atoms with van der Waals surface area (Å²) in [5.41, 5.74) is 1.92. The highest BCUT2D eigenvalue weighted by molar-refractivity contribution is 7.90. The van der Waals surface area contributed by atoms with Gasteiger partial charge in [0.15, 0.2) is 0 Å². The van der Waals surface area contributed by atoms with Gasteiger partial charge in [-0.1, -0.05) is 31.2 Å². The van der Waals surface area contributed by atoms with Crippen LogP contribution in [0.5, 0.6) is 0 Å². The molecule has 35 heavy (non-hydrogen) atoms. The fraction of sp³-hybridized carbons (Fsp3) is 0.440. The van der Waals surface area contributed by atoms with Crippen LogP contribution < -0.4 is 9.62 Å². The number of hydrogen-bond acceptors (Lipinski definition) is 4. The monoisotopic (exact) mass is 506 g/mol. The van der Waals surface area contributed by atoms with Gasteiger partial charge < -0.3 is 10.2 Å². The maximum Gasteiger partial charge on any atom is 0.304 e. The van der Waals surface area contributed by atoms with Crippen molar-refractivity contribution in [3.8, 4) is 0 Å². The molecule has 0 aliphatic heterocycles. The lowest BCUT2D eigenvalue weighted by Crippen LogP contribution is -2.53. The summed E-state index contributed by atoms with van der Waals surface area (Å²) < 4.78 is 41.6. The molecule has 2 aromatic rings. The smallest absolute Gasteiger partial charge is 0.304 e. The fourth-order valence-corrected chi connectivity index (χ4v) is 4.40. The fourth-order valence-electron chi connectivity index (χ4n) is 3.34. The van der Waals surface area contributed by atoms with E-state index in [0.29, 0.717) is 0 Å². The predicted octanol–water partition coefficient (Wildman–Crippen LogP) is 3.08. The van der Waals surface area contributed by atoms with E-state index >= 15 is 0 Å². The van der Waals surface area contributed by atoms with Crippen molar-refractivity contribution in [3.63, 3.8) is 0 Å². The number of hydrogen-bond donors (Lipinski definition) is 1. The Morgan fingerprint density at radius 2 is 1.63 bits per heavy atom. The van der Waals surface area contributed by atoms with E-state index in [2.05, 4.69) is 5.32 Å². The molecule has 0 spiro atoms. The number of benzene rings is 2. The van der Waals surface area contributed by atoms with Gasteiger partial charge in [0.2, 0.25) is 11.8 Å². The Hall–Kier alpha value is -2.98. The first-order chi connectivity index (χ1) is 16.4. The molecular formula is C25H35FN4O4S. The Labute approximate surface area is 207 Å². The Balaban J connectivity index is 2.46. The Morgan fingerprint density at radius 1 is 1.03 bits per heavy atom. The van der Waals surface area contributed by atoms with Gasteiger partial charge in [-0.2, -0.15) is 12.7 Å². The van der Waals surface area contributed by atoms with Crippen molar-refractivity contribution >= 4 is 27.7 Å². The SMILES string of the molecule is CC[C@@H](C)NC(=O)[C@@H](C)N(Cc1ccccc1C)C(=O)CN(c1ccc(F)cc1)S(=O)(=O)N(C)C. The molecular weight excluding hydrogens is 471 g/mol. The first-order valence-corrected chi connectivity index (χ1v) is 12.9. The standard InChI is InChI=1S/C25H35FN4O4S/c1-7-19(3)27-25(32)20(4)29(16-21-11-9-8-10-18(21)2)24(31)17-30(35(33,34)28(5)6)23-14-12-22(26)13-15-23/h8-15,19-20H,7,16-17H2,1-6H3,(H,27,32)/t19-,20-/m1/s1. The van der Waals surface area contributed by atoms with E-state index in [1.807, 2.05) is 45.0 Å². The summed E-state index contributed by atoms with van der Waals surface area (Å²) in [5.74, 6) is -1.42. The van der Waals surface area contributed by atoms with Gasteiger partial charge in [0.1, 0.15) is 18.4 Å². The summed E-state index contributed by atoms with van der Waals surface area (Å²) in [6.07, 6.45) is 0.726. The molecule has 0 aromatic heterocycles. The van der Waals surface area contributed by atoms with Gasteiger partial charge in [-0.15, -0.1) is 0 Å². The molecule has 192 valence electrons. The van der Waals surface area contributed by atoms with Crippen LogP contribution in [0.4, 0.5) is 10.1 Å². The molecule has 0 aliphatic rings. The first-order valence-electron chi connectivity index (χ1n) is 11.5. The summed E-state index contributed by atoms with van der Waals surface area (Å²) in [6.45, 7) is 6.91. The van der Waals surface area contributed by atoms with Crippen molar-refractivity contribution in [2.24, 2.45) is 0 Å². The molecule has 0 saturated carbocycles. The van der Waals surface area contributed by atoms with Crippen LogP contribution in [0.25, 0.3) is 0 Å². The van der Waals surface area contributed by atoms with Gasteiger partial charge in [0.25, 0.3) is 0 Å². The largest absolute Gasteiger partial charge is 0.352 e. The molecule has 2 atom stereocenters. The third kappa shape index (κ3) is 7.25. The molecule has 2 aromatic carbocycles. The van der Waals surface area contributed by atoms with Crippen molar-refractivity contribution < 1.29 is 22.4 Å². The molecule has 0 radical (unpaired) electrons. The summed E-state index contributed by atoms with van der Waals surface area (Å²) >= 11 is 0. The summed E-state index contributed by atoms with van der Waals surface area (Å²) in [6, 6.07) is 11.4. The highest BCUT2D eigenvalue weighted by Gasteiger charge is 2.33. The van der Waals surface area contributed by atoms with E-state index in [4.69, 9.17) is 0 Å². The lowest BCUT2D eigenvalue weighted by Gasteiger charge is -2.33. The lowest BCUT2D eigenvalue weighted by atomic mass is 10.1. The van der Waals surface area contributed by atoms with Gasteiger partial charge in [0.05, 0.1) is 5.69 Å². The van der Waals surface area contributed by atoms with E-state index in [1.54, 1.807) is 6.92 Å². The molecule has 0 saturated heterocycles. The van der Waals surface area contributed by atoms with Crippen molar-refractivity contribution in [2.45, 2.75) is 52.7 Å². The second kappa shape index (κ2) is 12.1. The number of carbonyl (C=O) groups excluding carboxylic acids is 2. The maximum atomic E-state index is 13.6. The molecule has 0 unspecified atom stereocenters. The second-order valence-corrected chi connectivity index (χ2v) is 10.8. The number of nitrogens with zero attached hydrogens (tertiary/aromatic N) is 3. The Morgan fingerprint density at radius 3 is 2.17 bits per heavy atom. The number of aryl methyl sites for hydroxylation is 1. The van der Waals surface area contributed by atoms with Crippen LogP contribution in [0.1, 0.15) is 38.3 Å².